The largest absolute Gasteiger partial charge is 0.490 e. The maximum absolute atomic E-state index is 12.5. The zero-order chi connectivity index (χ0) is 18.6. The Labute approximate surface area is 158 Å². The standard InChI is InChI=1S/C21H24N2O4/c24-18-2-1-3-19-20(18)17(13-26-19)21(25)23-12-14-4-6-15(7-5-14)27-16-8-10-22-11-9-16/h4-7,13,16,22H,1-3,8-12H2,(H,23,25). The highest BCUT2D eigenvalue weighted by Crippen LogP contribution is 2.26. The van der Waals surface area contributed by atoms with Crippen molar-refractivity contribution >= 4 is 11.7 Å². The van der Waals surface area contributed by atoms with E-state index < -0.39 is 0 Å². The van der Waals surface area contributed by atoms with E-state index in [0.29, 0.717) is 36.3 Å². The molecule has 1 aromatic heterocycles. The molecular formula is C21H24N2O4. The van der Waals surface area contributed by atoms with E-state index in [1.54, 1.807) is 0 Å². The van der Waals surface area contributed by atoms with Crippen LogP contribution in [0.4, 0.5) is 0 Å². The van der Waals surface area contributed by atoms with E-state index in [0.717, 1.165) is 43.7 Å². The summed E-state index contributed by atoms with van der Waals surface area (Å²) in [4.78, 5) is 24.6. The number of ether oxygens (including phenoxy) is 1. The third-order valence-corrected chi connectivity index (χ3v) is 5.16. The molecule has 4 rings (SSSR count). The summed E-state index contributed by atoms with van der Waals surface area (Å²) in [6.07, 6.45) is 5.68. The molecular weight excluding hydrogens is 344 g/mol. The highest BCUT2D eigenvalue weighted by atomic mass is 16.5. The minimum absolute atomic E-state index is 0.00503. The quantitative estimate of drug-likeness (QED) is 0.848. The van der Waals surface area contributed by atoms with Gasteiger partial charge in [-0.2, -0.15) is 0 Å². The Bertz CT molecular complexity index is 819. The normalized spacial score (nSPS) is 17.4. The maximum atomic E-state index is 12.5. The summed E-state index contributed by atoms with van der Waals surface area (Å²) in [5, 5.41) is 6.19. The number of nitrogens with one attached hydrogen (secondary N) is 2. The van der Waals surface area contributed by atoms with Crippen molar-refractivity contribution in [1.82, 2.24) is 10.6 Å². The van der Waals surface area contributed by atoms with E-state index in [1.807, 2.05) is 24.3 Å². The molecule has 0 saturated carbocycles. The van der Waals surface area contributed by atoms with Crippen molar-refractivity contribution in [3.63, 3.8) is 0 Å². The summed E-state index contributed by atoms with van der Waals surface area (Å²) in [6, 6.07) is 7.78. The molecule has 1 fully saturated rings. The van der Waals surface area contributed by atoms with Crippen LogP contribution < -0.4 is 15.4 Å². The Kier molecular flexibility index (Phi) is 5.25. The Morgan fingerprint density at radius 2 is 1.96 bits per heavy atom. The lowest BCUT2D eigenvalue weighted by Gasteiger charge is -2.23. The third kappa shape index (κ3) is 4.06. The highest BCUT2D eigenvalue weighted by molar-refractivity contribution is 6.09. The molecule has 1 saturated heterocycles. The molecule has 0 unspecified atom stereocenters. The number of furan rings is 1. The van der Waals surface area contributed by atoms with E-state index in [9.17, 15) is 9.59 Å². The van der Waals surface area contributed by atoms with Crippen molar-refractivity contribution in [1.29, 1.82) is 0 Å². The lowest BCUT2D eigenvalue weighted by atomic mass is 9.94. The molecule has 1 aromatic carbocycles. The molecule has 0 atom stereocenters. The van der Waals surface area contributed by atoms with Crippen LogP contribution in [0.1, 0.15) is 57.7 Å². The Balaban J connectivity index is 1.34. The molecule has 6 nitrogen and oxygen atoms in total. The van der Waals surface area contributed by atoms with Crippen molar-refractivity contribution < 1.29 is 18.7 Å². The van der Waals surface area contributed by atoms with Gasteiger partial charge in [0.25, 0.3) is 5.91 Å². The number of benzene rings is 1. The number of ketones is 1. The molecule has 2 heterocycles. The molecule has 1 aliphatic carbocycles. The van der Waals surface area contributed by atoms with Crippen LogP contribution in [0, 0.1) is 0 Å². The second-order valence-electron chi connectivity index (χ2n) is 7.12. The summed E-state index contributed by atoms with van der Waals surface area (Å²) in [5.74, 6) is 1.21. The molecule has 2 aliphatic rings. The summed E-state index contributed by atoms with van der Waals surface area (Å²) >= 11 is 0. The van der Waals surface area contributed by atoms with Crippen molar-refractivity contribution in [2.75, 3.05) is 13.1 Å². The van der Waals surface area contributed by atoms with Gasteiger partial charge in [-0.05, 0) is 50.0 Å². The van der Waals surface area contributed by atoms with E-state index in [2.05, 4.69) is 10.6 Å². The molecule has 2 aromatic rings. The Morgan fingerprint density at radius 1 is 1.19 bits per heavy atom. The van der Waals surface area contributed by atoms with Gasteiger partial charge in [-0.15, -0.1) is 0 Å². The number of Topliss-reactive ketones (excluding diaryl/α,β-unsaturated/α-hetero) is 1. The first-order valence-corrected chi connectivity index (χ1v) is 9.59. The van der Waals surface area contributed by atoms with Gasteiger partial charge in [0.05, 0.1) is 11.1 Å². The minimum atomic E-state index is -0.273. The molecule has 142 valence electrons. The fourth-order valence-corrected chi connectivity index (χ4v) is 3.66. The molecule has 2 N–H and O–H groups in total. The number of rotatable bonds is 5. The number of hydrogen-bond acceptors (Lipinski definition) is 5. The lowest BCUT2D eigenvalue weighted by molar-refractivity contribution is 0.0926. The van der Waals surface area contributed by atoms with E-state index in [1.165, 1.54) is 6.26 Å². The minimum Gasteiger partial charge on any atom is -0.490 e. The van der Waals surface area contributed by atoms with Crippen LogP contribution in [0.3, 0.4) is 0 Å². The lowest BCUT2D eigenvalue weighted by Crippen LogP contribution is -2.34. The van der Waals surface area contributed by atoms with Gasteiger partial charge in [0, 0.05) is 19.4 Å². The molecule has 0 spiro atoms. The summed E-state index contributed by atoms with van der Waals surface area (Å²) < 4.78 is 11.4. The smallest absolute Gasteiger partial charge is 0.255 e. The Morgan fingerprint density at radius 3 is 2.74 bits per heavy atom. The van der Waals surface area contributed by atoms with Crippen LogP contribution in [0.25, 0.3) is 0 Å². The van der Waals surface area contributed by atoms with Crippen LogP contribution in [-0.4, -0.2) is 30.9 Å². The van der Waals surface area contributed by atoms with Crippen LogP contribution in [0.5, 0.6) is 5.75 Å². The van der Waals surface area contributed by atoms with Gasteiger partial charge < -0.3 is 19.8 Å². The van der Waals surface area contributed by atoms with E-state index in [4.69, 9.17) is 9.15 Å². The van der Waals surface area contributed by atoms with Gasteiger partial charge in [-0.1, -0.05) is 12.1 Å². The van der Waals surface area contributed by atoms with Crippen molar-refractivity contribution in [3.05, 3.63) is 53.0 Å². The fourth-order valence-electron chi connectivity index (χ4n) is 3.66. The van der Waals surface area contributed by atoms with Crippen molar-refractivity contribution in [2.45, 2.75) is 44.8 Å². The van der Waals surface area contributed by atoms with E-state index >= 15 is 0 Å². The predicted molar refractivity (Wildman–Crippen MR) is 100 cm³/mol. The second-order valence-corrected chi connectivity index (χ2v) is 7.12. The van der Waals surface area contributed by atoms with Crippen LogP contribution in [-0.2, 0) is 13.0 Å². The summed E-state index contributed by atoms with van der Waals surface area (Å²) in [7, 11) is 0. The Hall–Kier alpha value is -2.60. The average molecular weight is 368 g/mol. The zero-order valence-corrected chi connectivity index (χ0v) is 15.3. The molecule has 6 heteroatoms. The molecule has 27 heavy (non-hydrogen) atoms. The number of carbonyl (C=O) groups excluding carboxylic acids is 2. The van der Waals surface area contributed by atoms with Gasteiger partial charge in [-0.25, -0.2) is 0 Å². The van der Waals surface area contributed by atoms with Gasteiger partial charge in [-0.3, -0.25) is 9.59 Å². The summed E-state index contributed by atoms with van der Waals surface area (Å²) in [5.41, 5.74) is 1.79. The third-order valence-electron chi connectivity index (χ3n) is 5.16. The average Bonchev–Trinajstić information content (AvgIpc) is 3.14. The van der Waals surface area contributed by atoms with Crippen LogP contribution in [0.15, 0.2) is 34.9 Å². The van der Waals surface area contributed by atoms with Crippen LogP contribution >= 0.6 is 0 Å². The first kappa shape index (κ1) is 17.8. The topological polar surface area (TPSA) is 80.6 Å². The number of aryl methyl sites for hydroxylation is 1. The number of amides is 1. The number of carbonyl (C=O) groups is 2. The molecule has 0 bridgehead atoms. The molecule has 1 amide bonds. The molecule has 0 radical (unpaired) electrons. The zero-order valence-electron chi connectivity index (χ0n) is 15.3. The first-order chi connectivity index (χ1) is 13.2. The summed E-state index contributed by atoms with van der Waals surface area (Å²) in [6.45, 7) is 2.38. The second kappa shape index (κ2) is 7.96. The SMILES string of the molecule is O=C(NCc1ccc(OC2CCNCC2)cc1)c1coc2c1C(=O)CCC2. The van der Waals surface area contributed by atoms with Gasteiger partial charge in [0.15, 0.2) is 5.78 Å². The number of hydrogen-bond donors (Lipinski definition) is 2. The fraction of sp³-hybridized carbons (Fsp3) is 0.429. The van der Waals surface area contributed by atoms with Crippen LogP contribution in [0.2, 0.25) is 0 Å². The van der Waals surface area contributed by atoms with Gasteiger partial charge in [0.2, 0.25) is 0 Å². The van der Waals surface area contributed by atoms with Crippen molar-refractivity contribution in [3.8, 4) is 5.75 Å². The molecule has 1 aliphatic heterocycles. The predicted octanol–water partition coefficient (Wildman–Crippen LogP) is 2.86. The highest BCUT2D eigenvalue weighted by Gasteiger charge is 2.27. The first-order valence-electron chi connectivity index (χ1n) is 9.59. The van der Waals surface area contributed by atoms with Crippen molar-refractivity contribution in [2.24, 2.45) is 0 Å². The van der Waals surface area contributed by atoms with E-state index in [-0.39, 0.29) is 17.8 Å². The van der Waals surface area contributed by atoms with Gasteiger partial charge >= 0.3 is 0 Å². The monoisotopic (exact) mass is 368 g/mol. The van der Waals surface area contributed by atoms with Gasteiger partial charge in [0.1, 0.15) is 23.9 Å². The maximum Gasteiger partial charge on any atom is 0.255 e. The number of piperidine rings is 1. The number of fused-ring (bicyclic) bond motifs is 1.